The Labute approximate surface area is 171 Å². The lowest BCUT2D eigenvalue weighted by Gasteiger charge is -2.35. The van der Waals surface area contributed by atoms with Crippen LogP contribution in [0.4, 0.5) is 5.69 Å². The number of esters is 1. The van der Waals surface area contributed by atoms with E-state index in [0.717, 1.165) is 31.4 Å². The Bertz CT molecular complexity index is 878. The topological polar surface area (TPSA) is 75.2 Å². The van der Waals surface area contributed by atoms with Gasteiger partial charge >= 0.3 is 5.97 Å². The number of benzene rings is 1. The molecule has 2 atom stereocenters. The minimum atomic E-state index is -1.21. The molecule has 0 fully saturated rings. The molecule has 2 aliphatic heterocycles. The van der Waals surface area contributed by atoms with Crippen LogP contribution in [0.15, 0.2) is 23.5 Å². The van der Waals surface area contributed by atoms with Gasteiger partial charge in [-0.3, -0.25) is 0 Å². The first-order valence-corrected chi connectivity index (χ1v) is 10.6. The summed E-state index contributed by atoms with van der Waals surface area (Å²) in [5.74, 6) is -0.392. The van der Waals surface area contributed by atoms with Crippen LogP contribution in [-0.4, -0.2) is 48.9 Å². The Morgan fingerprint density at radius 2 is 2.03 bits per heavy atom. The number of nitrogens with one attached hydrogen (secondary N) is 2. The lowest BCUT2D eigenvalue weighted by atomic mass is 9.99. The summed E-state index contributed by atoms with van der Waals surface area (Å²) in [5, 5.41) is 6.70. The van der Waals surface area contributed by atoms with Gasteiger partial charge in [0, 0.05) is 25.1 Å². The van der Waals surface area contributed by atoms with E-state index in [2.05, 4.69) is 21.7 Å². The van der Waals surface area contributed by atoms with Gasteiger partial charge in [0.2, 0.25) is 0 Å². The lowest BCUT2D eigenvalue weighted by Crippen LogP contribution is -2.61. The number of carbonyl (C=O) groups is 1. The molecular formula is C22H28N4O3. The maximum absolute atomic E-state index is 12.9. The van der Waals surface area contributed by atoms with E-state index < -0.39 is 11.6 Å². The van der Waals surface area contributed by atoms with Gasteiger partial charge in [0.15, 0.2) is 6.17 Å². The summed E-state index contributed by atoms with van der Waals surface area (Å²) in [5.41, 5.74) is 5.63. The normalized spacial score (nSPS) is 26.6. The number of anilines is 1. The fourth-order valence-electron chi connectivity index (χ4n) is 5.10. The largest absolute Gasteiger partial charge is 0.463 e. The Hall–Kier alpha value is -2.70. The molecule has 4 aliphatic rings. The predicted octanol–water partition coefficient (Wildman–Crippen LogP) is 2.10. The highest BCUT2D eigenvalue weighted by Gasteiger charge is 2.56. The van der Waals surface area contributed by atoms with Gasteiger partial charge in [-0.1, -0.05) is 6.07 Å². The van der Waals surface area contributed by atoms with Crippen molar-refractivity contribution in [2.45, 2.75) is 57.2 Å². The molecule has 7 heteroatoms. The van der Waals surface area contributed by atoms with Crippen molar-refractivity contribution >= 4 is 17.7 Å². The van der Waals surface area contributed by atoms with Crippen molar-refractivity contribution in [1.29, 1.82) is 0 Å². The molecule has 154 valence electrons. The maximum Gasteiger partial charge on any atom is 0.356 e. The molecule has 1 aromatic carbocycles. The van der Waals surface area contributed by atoms with Gasteiger partial charge in [0.05, 0.1) is 13.2 Å². The van der Waals surface area contributed by atoms with Crippen LogP contribution >= 0.6 is 0 Å². The van der Waals surface area contributed by atoms with Gasteiger partial charge in [-0.25, -0.2) is 9.79 Å². The zero-order valence-corrected chi connectivity index (χ0v) is 17.1. The van der Waals surface area contributed by atoms with Crippen molar-refractivity contribution in [3.05, 3.63) is 40.7 Å². The van der Waals surface area contributed by atoms with Gasteiger partial charge in [0.1, 0.15) is 0 Å². The molecule has 2 heterocycles. The Morgan fingerprint density at radius 1 is 1.31 bits per heavy atom. The number of hydrogen-bond acceptors (Lipinski definition) is 7. The molecule has 0 bridgehead atoms. The van der Waals surface area contributed by atoms with Crippen LogP contribution in [0, 0.1) is 0 Å². The summed E-state index contributed by atoms with van der Waals surface area (Å²) in [4.78, 5) is 19.5. The van der Waals surface area contributed by atoms with Crippen molar-refractivity contribution in [2.24, 2.45) is 4.99 Å². The molecule has 1 aromatic rings. The molecule has 0 saturated carbocycles. The van der Waals surface area contributed by atoms with E-state index >= 15 is 0 Å². The Morgan fingerprint density at radius 3 is 2.66 bits per heavy atom. The van der Waals surface area contributed by atoms with E-state index in [0.29, 0.717) is 12.6 Å². The predicted molar refractivity (Wildman–Crippen MR) is 111 cm³/mol. The third-order valence-electron chi connectivity index (χ3n) is 6.48. The number of carbonyl (C=O) groups excluding carboxylic acids is 1. The molecule has 7 nitrogen and oxygen atoms in total. The average molecular weight is 396 g/mol. The molecule has 0 saturated heterocycles. The summed E-state index contributed by atoms with van der Waals surface area (Å²) >= 11 is 0. The van der Waals surface area contributed by atoms with Crippen LogP contribution in [-0.2, 0) is 40.0 Å². The summed E-state index contributed by atoms with van der Waals surface area (Å²) in [6.45, 7) is 2.33. The standard InChI is InChI=1S/C22H28N4O3/c1-3-28-20(27)22(19-23-10-11-26(19)2)13-24-21(29-22)25-18-16-8-4-6-14(16)12-15-7-5-9-17(15)18/h10-12,19,23H,3-9,13H2,1-2H3,(H,24,25). The van der Waals surface area contributed by atoms with Gasteiger partial charge < -0.3 is 25.0 Å². The van der Waals surface area contributed by atoms with Gasteiger partial charge in [0.25, 0.3) is 11.6 Å². The van der Waals surface area contributed by atoms with E-state index in [1.54, 1.807) is 6.92 Å². The second kappa shape index (κ2) is 6.97. The van der Waals surface area contributed by atoms with E-state index in [4.69, 9.17) is 9.47 Å². The zero-order valence-electron chi connectivity index (χ0n) is 17.1. The van der Waals surface area contributed by atoms with Crippen LogP contribution in [0.5, 0.6) is 0 Å². The lowest BCUT2D eigenvalue weighted by molar-refractivity contribution is -0.166. The third kappa shape index (κ3) is 2.86. The quantitative estimate of drug-likeness (QED) is 0.760. The second-order valence-corrected chi connectivity index (χ2v) is 8.24. The van der Waals surface area contributed by atoms with Gasteiger partial charge in [-0.05, 0) is 67.7 Å². The smallest absolute Gasteiger partial charge is 0.356 e. The summed E-state index contributed by atoms with van der Waals surface area (Å²) in [6, 6.07) is 2.81. The van der Waals surface area contributed by atoms with Crippen molar-refractivity contribution in [2.75, 3.05) is 25.5 Å². The van der Waals surface area contributed by atoms with Crippen molar-refractivity contribution < 1.29 is 14.3 Å². The van der Waals surface area contributed by atoms with Crippen LogP contribution in [0.25, 0.3) is 0 Å². The van der Waals surface area contributed by atoms with E-state index in [1.807, 2.05) is 24.3 Å². The first-order chi connectivity index (χ1) is 14.1. The molecule has 2 N–H and O–H groups in total. The van der Waals surface area contributed by atoms with Crippen LogP contribution in [0.1, 0.15) is 42.0 Å². The SMILES string of the molecule is CCOC(=O)C1(C2NC=CN2C)CN=C(Nc2c3c(cc4c2CCC4)CCC3)O1. The summed E-state index contributed by atoms with van der Waals surface area (Å²) in [6.07, 6.45) is 10.2. The van der Waals surface area contributed by atoms with E-state index in [-0.39, 0.29) is 12.7 Å². The highest BCUT2D eigenvalue weighted by molar-refractivity contribution is 5.97. The van der Waals surface area contributed by atoms with Crippen molar-refractivity contribution in [3.63, 3.8) is 0 Å². The monoisotopic (exact) mass is 396 g/mol. The molecule has 0 radical (unpaired) electrons. The van der Waals surface area contributed by atoms with Crippen LogP contribution in [0.2, 0.25) is 0 Å². The third-order valence-corrected chi connectivity index (χ3v) is 6.48. The fraction of sp³-hybridized carbons (Fsp3) is 0.545. The van der Waals surface area contributed by atoms with Gasteiger partial charge in [-0.15, -0.1) is 0 Å². The van der Waals surface area contributed by atoms with Crippen molar-refractivity contribution in [3.8, 4) is 0 Å². The average Bonchev–Trinajstić information content (AvgIpc) is 3.48. The minimum absolute atomic E-state index is 0.217. The highest BCUT2D eigenvalue weighted by atomic mass is 16.6. The number of ether oxygens (including phenoxy) is 2. The first kappa shape index (κ1) is 18.3. The number of hydrogen-bond donors (Lipinski definition) is 2. The summed E-state index contributed by atoms with van der Waals surface area (Å²) < 4.78 is 11.6. The number of likely N-dealkylation sites (N-methyl/N-ethyl adjacent to an activating group) is 1. The number of aryl methyl sites for hydroxylation is 2. The van der Waals surface area contributed by atoms with Crippen LogP contribution < -0.4 is 10.6 Å². The minimum Gasteiger partial charge on any atom is -0.463 e. The second-order valence-electron chi connectivity index (χ2n) is 8.24. The maximum atomic E-state index is 12.9. The number of fused-ring (bicyclic) bond motifs is 2. The van der Waals surface area contributed by atoms with Gasteiger partial charge in [-0.2, -0.15) is 0 Å². The number of nitrogens with zero attached hydrogens (tertiary/aromatic N) is 2. The molecule has 5 rings (SSSR count). The van der Waals surface area contributed by atoms with E-state index in [9.17, 15) is 4.79 Å². The zero-order chi connectivity index (χ0) is 20.0. The Kier molecular flexibility index (Phi) is 4.41. The Balaban J connectivity index is 1.44. The highest BCUT2D eigenvalue weighted by Crippen LogP contribution is 2.39. The number of aliphatic imine (C=N–C) groups is 1. The molecule has 0 aromatic heterocycles. The molecule has 0 amide bonds. The number of amidine groups is 1. The molecule has 29 heavy (non-hydrogen) atoms. The molecule has 2 unspecified atom stereocenters. The first-order valence-electron chi connectivity index (χ1n) is 10.6. The molecule has 2 aliphatic carbocycles. The van der Waals surface area contributed by atoms with Crippen molar-refractivity contribution in [1.82, 2.24) is 10.2 Å². The molecular weight excluding hydrogens is 368 g/mol. The van der Waals surface area contributed by atoms with E-state index in [1.165, 1.54) is 35.1 Å². The summed E-state index contributed by atoms with van der Waals surface area (Å²) in [7, 11) is 1.91. The molecule has 0 spiro atoms. The number of rotatable bonds is 4. The van der Waals surface area contributed by atoms with Crippen LogP contribution in [0.3, 0.4) is 0 Å². The fourth-order valence-corrected chi connectivity index (χ4v) is 5.10.